The van der Waals surface area contributed by atoms with Crippen LogP contribution in [0.5, 0.6) is 5.75 Å². The highest BCUT2D eigenvalue weighted by Crippen LogP contribution is 2.44. The zero-order chi connectivity index (χ0) is 25.4. The van der Waals surface area contributed by atoms with Gasteiger partial charge in [-0.05, 0) is 86.7 Å². The summed E-state index contributed by atoms with van der Waals surface area (Å²) < 4.78 is 11.7. The summed E-state index contributed by atoms with van der Waals surface area (Å²) in [6, 6.07) is 13.6. The highest BCUT2D eigenvalue weighted by molar-refractivity contribution is 6.51. The number of aliphatic hydroxyl groups excluding tert-OH is 1. The van der Waals surface area contributed by atoms with Crippen molar-refractivity contribution in [3.8, 4) is 5.75 Å². The Morgan fingerprint density at radius 1 is 1.09 bits per heavy atom. The molecule has 1 atom stereocenters. The Kier molecular flexibility index (Phi) is 6.57. The van der Waals surface area contributed by atoms with Crippen LogP contribution >= 0.6 is 0 Å². The van der Waals surface area contributed by atoms with E-state index in [9.17, 15) is 14.7 Å². The van der Waals surface area contributed by atoms with Crippen molar-refractivity contribution in [2.45, 2.75) is 53.5 Å². The molecule has 1 aromatic heterocycles. The highest BCUT2D eigenvalue weighted by atomic mass is 16.5. The number of rotatable bonds is 6. The summed E-state index contributed by atoms with van der Waals surface area (Å²) in [5, 5.41) is 11.5. The van der Waals surface area contributed by atoms with Crippen molar-refractivity contribution in [1.82, 2.24) is 0 Å². The number of Topliss-reactive ketones (excluding diaryl/α,β-unsaturated/α-hetero) is 1. The average molecular weight is 474 g/mol. The minimum atomic E-state index is -0.890. The maximum absolute atomic E-state index is 13.4. The molecule has 1 aliphatic heterocycles. The van der Waals surface area contributed by atoms with Crippen LogP contribution in [-0.4, -0.2) is 23.4 Å². The molecule has 1 N–H and O–H groups in total. The fourth-order valence-corrected chi connectivity index (χ4v) is 4.54. The summed E-state index contributed by atoms with van der Waals surface area (Å²) in [5.41, 5.74) is 3.84. The van der Waals surface area contributed by atoms with Gasteiger partial charge in [0.25, 0.3) is 11.7 Å². The van der Waals surface area contributed by atoms with Gasteiger partial charge >= 0.3 is 0 Å². The molecule has 0 aliphatic carbocycles. The third kappa shape index (κ3) is 4.25. The first-order valence-electron chi connectivity index (χ1n) is 11.9. The minimum absolute atomic E-state index is 0.00382. The zero-order valence-corrected chi connectivity index (χ0v) is 21.0. The number of furan rings is 1. The first-order chi connectivity index (χ1) is 16.6. The van der Waals surface area contributed by atoms with Gasteiger partial charge < -0.3 is 14.3 Å². The van der Waals surface area contributed by atoms with Crippen LogP contribution in [0.25, 0.3) is 5.76 Å². The Labute approximate surface area is 205 Å². The predicted molar refractivity (Wildman–Crippen MR) is 136 cm³/mol. The lowest BCUT2D eigenvalue weighted by molar-refractivity contribution is -0.132. The predicted octanol–water partition coefficient (Wildman–Crippen LogP) is 6.35. The molecule has 0 saturated carbocycles. The average Bonchev–Trinajstić information content (AvgIpc) is 3.36. The first-order valence-corrected chi connectivity index (χ1v) is 11.9. The second-order valence-electron chi connectivity index (χ2n) is 9.18. The molecule has 0 bridgehead atoms. The lowest BCUT2D eigenvalue weighted by Gasteiger charge is -2.25. The Bertz CT molecular complexity index is 1330. The van der Waals surface area contributed by atoms with Crippen LogP contribution in [0.1, 0.15) is 66.5 Å². The van der Waals surface area contributed by atoms with E-state index < -0.39 is 17.7 Å². The summed E-state index contributed by atoms with van der Waals surface area (Å²) >= 11 is 0. The van der Waals surface area contributed by atoms with Crippen LogP contribution < -0.4 is 9.64 Å². The van der Waals surface area contributed by atoms with Crippen molar-refractivity contribution in [3.63, 3.8) is 0 Å². The molecule has 35 heavy (non-hydrogen) atoms. The number of aryl methyl sites for hydroxylation is 2. The first kappa shape index (κ1) is 24.3. The summed E-state index contributed by atoms with van der Waals surface area (Å²) in [4.78, 5) is 28.2. The molecule has 182 valence electrons. The Morgan fingerprint density at radius 2 is 1.83 bits per heavy atom. The number of ketones is 1. The van der Waals surface area contributed by atoms with Gasteiger partial charge in [-0.1, -0.05) is 26.0 Å². The van der Waals surface area contributed by atoms with Crippen molar-refractivity contribution < 1.29 is 23.8 Å². The van der Waals surface area contributed by atoms with E-state index >= 15 is 0 Å². The maximum Gasteiger partial charge on any atom is 0.300 e. The van der Waals surface area contributed by atoms with Gasteiger partial charge in [-0.2, -0.15) is 0 Å². The van der Waals surface area contributed by atoms with E-state index in [1.807, 2.05) is 58.9 Å². The number of nitrogens with zero attached hydrogens (tertiary/aromatic N) is 1. The fourth-order valence-electron chi connectivity index (χ4n) is 4.54. The van der Waals surface area contributed by atoms with Crippen LogP contribution in [0.4, 0.5) is 5.69 Å². The SMILES string of the molecule is CCOc1ccc(/C(O)=C2/C(=O)C(=O)N(c3cccc(C)c3C)C2c2ccc(C)o2)cc1C(C)C. The molecule has 0 spiro atoms. The number of carbonyl (C=O) groups is 2. The smallest absolute Gasteiger partial charge is 0.300 e. The summed E-state index contributed by atoms with van der Waals surface area (Å²) in [6.45, 7) is 12.2. The van der Waals surface area contributed by atoms with Gasteiger partial charge in [-0.25, -0.2) is 0 Å². The van der Waals surface area contributed by atoms with Gasteiger partial charge in [-0.15, -0.1) is 0 Å². The van der Waals surface area contributed by atoms with E-state index in [0.29, 0.717) is 29.4 Å². The molecule has 2 aromatic carbocycles. The van der Waals surface area contributed by atoms with E-state index in [1.54, 1.807) is 31.2 Å². The number of benzene rings is 2. The molecule has 1 unspecified atom stereocenters. The molecule has 3 aromatic rings. The largest absolute Gasteiger partial charge is 0.507 e. The molecular weight excluding hydrogens is 442 g/mol. The molecule has 1 amide bonds. The second-order valence-corrected chi connectivity index (χ2v) is 9.18. The van der Waals surface area contributed by atoms with Crippen molar-refractivity contribution in [1.29, 1.82) is 0 Å². The van der Waals surface area contributed by atoms with E-state index in [0.717, 1.165) is 22.4 Å². The molecular formula is C29H31NO5. The lowest BCUT2D eigenvalue weighted by atomic mass is 9.95. The number of aliphatic hydroxyl groups is 1. The van der Waals surface area contributed by atoms with Crippen molar-refractivity contribution in [3.05, 3.63) is 87.9 Å². The Morgan fingerprint density at radius 3 is 2.46 bits per heavy atom. The Balaban J connectivity index is 1.95. The quantitative estimate of drug-likeness (QED) is 0.256. The van der Waals surface area contributed by atoms with Crippen LogP contribution in [-0.2, 0) is 9.59 Å². The standard InChI is InChI=1S/C29H31NO5/c1-7-34-23-14-12-20(15-21(23)16(2)3)27(31)25-26(24-13-11-18(5)35-24)30(29(33)28(25)32)22-10-8-9-17(4)19(22)6/h8-16,26,31H,7H2,1-6H3/b27-25-. The van der Waals surface area contributed by atoms with E-state index in [4.69, 9.17) is 9.15 Å². The number of ether oxygens (including phenoxy) is 1. The van der Waals surface area contributed by atoms with Gasteiger partial charge in [0.15, 0.2) is 0 Å². The minimum Gasteiger partial charge on any atom is -0.507 e. The fraction of sp³-hybridized carbons (Fsp3) is 0.310. The third-order valence-electron chi connectivity index (χ3n) is 6.52. The molecule has 1 aliphatic rings. The van der Waals surface area contributed by atoms with E-state index in [1.165, 1.54) is 4.90 Å². The molecule has 6 nitrogen and oxygen atoms in total. The van der Waals surface area contributed by atoms with Crippen LogP contribution in [0, 0.1) is 20.8 Å². The molecule has 4 rings (SSSR count). The van der Waals surface area contributed by atoms with Gasteiger partial charge in [0.05, 0.1) is 12.2 Å². The molecule has 2 heterocycles. The monoisotopic (exact) mass is 473 g/mol. The van der Waals surface area contributed by atoms with Crippen LogP contribution in [0.15, 0.2) is 58.5 Å². The number of carbonyl (C=O) groups excluding carboxylic acids is 2. The maximum atomic E-state index is 13.4. The van der Waals surface area contributed by atoms with Crippen LogP contribution in [0.3, 0.4) is 0 Å². The number of hydrogen-bond acceptors (Lipinski definition) is 5. The van der Waals surface area contributed by atoms with Crippen LogP contribution in [0.2, 0.25) is 0 Å². The summed E-state index contributed by atoms with van der Waals surface area (Å²) in [6.07, 6.45) is 0. The van der Waals surface area contributed by atoms with Gasteiger partial charge in [0.1, 0.15) is 29.1 Å². The van der Waals surface area contributed by atoms with Gasteiger partial charge in [0, 0.05) is 11.3 Å². The normalized spacial score (nSPS) is 17.5. The van der Waals surface area contributed by atoms with E-state index in [2.05, 4.69) is 0 Å². The van der Waals surface area contributed by atoms with Gasteiger partial charge in [-0.3, -0.25) is 14.5 Å². The van der Waals surface area contributed by atoms with Gasteiger partial charge in [0.2, 0.25) is 0 Å². The zero-order valence-electron chi connectivity index (χ0n) is 21.0. The van der Waals surface area contributed by atoms with Crippen molar-refractivity contribution >= 4 is 23.1 Å². The Hall–Kier alpha value is -3.80. The van der Waals surface area contributed by atoms with E-state index in [-0.39, 0.29) is 17.3 Å². The molecule has 6 heteroatoms. The van der Waals surface area contributed by atoms with Crippen molar-refractivity contribution in [2.24, 2.45) is 0 Å². The number of hydrogen-bond donors (Lipinski definition) is 1. The number of anilines is 1. The lowest BCUT2D eigenvalue weighted by Crippen LogP contribution is -2.30. The molecule has 0 radical (unpaired) electrons. The molecule has 1 fully saturated rings. The third-order valence-corrected chi connectivity index (χ3v) is 6.52. The van der Waals surface area contributed by atoms with Crippen molar-refractivity contribution in [2.75, 3.05) is 11.5 Å². The second kappa shape index (κ2) is 9.45. The topological polar surface area (TPSA) is 80.0 Å². The summed E-state index contributed by atoms with van der Waals surface area (Å²) in [7, 11) is 0. The molecule has 1 saturated heterocycles. The summed E-state index contributed by atoms with van der Waals surface area (Å²) in [5.74, 6) is 0.240. The highest BCUT2D eigenvalue weighted by Gasteiger charge is 2.48. The number of amides is 1.